The first-order valence-corrected chi connectivity index (χ1v) is 7.23. The molecule has 2 N–H and O–H groups in total. The minimum atomic E-state index is -0.709. The number of benzene rings is 1. The Morgan fingerprint density at radius 1 is 1.33 bits per heavy atom. The van der Waals surface area contributed by atoms with Gasteiger partial charge < -0.3 is 10.4 Å². The number of hydrogen-bond donors (Lipinski definition) is 2. The second kappa shape index (κ2) is 7.04. The van der Waals surface area contributed by atoms with E-state index in [1.165, 1.54) is 0 Å². The summed E-state index contributed by atoms with van der Waals surface area (Å²) in [5.41, 5.74) is 2.22. The quantitative estimate of drug-likeness (QED) is 0.853. The molecule has 0 saturated heterocycles. The molecular formula is C16H21N3O2. The molecule has 1 aromatic carbocycles. The van der Waals surface area contributed by atoms with Crippen LogP contribution in [-0.4, -0.2) is 27.3 Å². The van der Waals surface area contributed by atoms with E-state index in [1.54, 1.807) is 10.7 Å². The van der Waals surface area contributed by atoms with E-state index >= 15 is 0 Å². The van der Waals surface area contributed by atoms with Crippen molar-refractivity contribution >= 4 is 5.91 Å². The number of aliphatic hydroxyl groups is 1. The number of aryl methyl sites for hydroxylation is 2. The van der Waals surface area contributed by atoms with Gasteiger partial charge in [0.05, 0.1) is 11.8 Å². The monoisotopic (exact) mass is 287 g/mol. The average Bonchev–Trinajstić information content (AvgIpc) is 2.96. The molecule has 2 rings (SSSR count). The zero-order chi connectivity index (χ0) is 15.2. The number of aromatic nitrogens is 2. The summed E-state index contributed by atoms with van der Waals surface area (Å²) in [6.07, 6.45) is 0.0821. The summed E-state index contributed by atoms with van der Waals surface area (Å²) in [7, 11) is 0. The third-order valence-corrected chi connectivity index (χ3v) is 3.37. The zero-order valence-electron chi connectivity index (χ0n) is 12.4. The fourth-order valence-corrected chi connectivity index (χ4v) is 2.14. The highest BCUT2D eigenvalue weighted by atomic mass is 16.3. The number of nitrogens with one attached hydrogen (secondary N) is 1. The van der Waals surface area contributed by atoms with E-state index in [2.05, 4.69) is 10.4 Å². The maximum Gasteiger partial charge on any atom is 0.269 e. The van der Waals surface area contributed by atoms with Crippen LogP contribution in [0.2, 0.25) is 0 Å². The molecule has 0 aliphatic rings. The standard InChI is InChI=1S/C16H21N3O2/c1-3-13-10-14(19(4-2)18-13)16(21)17-11-15(20)12-8-6-5-7-9-12/h5-10,15,20H,3-4,11H2,1-2H3,(H,17,21). The lowest BCUT2D eigenvalue weighted by atomic mass is 10.1. The van der Waals surface area contributed by atoms with Crippen LogP contribution in [0.15, 0.2) is 36.4 Å². The fourth-order valence-electron chi connectivity index (χ4n) is 2.14. The Kier molecular flexibility index (Phi) is 5.11. The van der Waals surface area contributed by atoms with E-state index < -0.39 is 6.10 Å². The molecule has 1 amide bonds. The topological polar surface area (TPSA) is 67.2 Å². The molecular weight excluding hydrogens is 266 g/mol. The first-order chi connectivity index (χ1) is 10.2. The van der Waals surface area contributed by atoms with Crippen LogP contribution in [0.4, 0.5) is 0 Å². The van der Waals surface area contributed by atoms with Crippen molar-refractivity contribution in [1.82, 2.24) is 15.1 Å². The van der Waals surface area contributed by atoms with E-state index in [0.717, 1.165) is 17.7 Å². The number of rotatable bonds is 6. The van der Waals surface area contributed by atoms with Crippen molar-refractivity contribution in [2.75, 3.05) is 6.54 Å². The van der Waals surface area contributed by atoms with Gasteiger partial charge in [0.1, 0.15) is 5.69 Å². The Hall–Kier alpha value is -2.14. The van der Waals surface area contributed by atoms with Crippen LogP contribution in [0.25, 0.3) is 0 Å². The van der Waals surface area contributed by atoms with Gasteiger partial charge in [-0.25, -0.2) is 0 Å². The number of carbonyl (C=O) groups is 1. The van der Waals surface area contributed by atoms with Gasteiger partial charge in [0.25, 0.3) is 5.91 Å². The van der Waals surface area contributed by atoms with Gasteiger partial charge in [0, 0.05) is 13.1 Å². The van der Waals surface area contributed by atoms with Gasteiger partial charge in [-0.3, -0.25) is 9.48 Å². The number of amides is 1. The van der Waals surface area contributed by atoms with Crippen LogP contribution >= 0.6 is 0 Å². The van der Waals surface area contributed by atoms with Gasteiger partial charge in [0.2, 0.25) is 0 Å². The molecule has 5 heteroatoms. The summed E-state index contributed by atoms with van der Waals surface area (Å²) in [4.78, 5) is 12.2. The van der Waals surface area contributed by atoms with Gasteiger partial charge in [-0.05, 0) is 25.0 Å². The minimum absolute atomic E-state index is 0.180. The van der Waals surface area contributed by atoms with Crippen molar-refractivity contribution in [2.24, 2.45) is 0 Å². The molecule has 0 spiro atoms. The second-order valence-corrected chi connectivity index (χ2v) is 4.83. The Labute approximate surface area is 124 Å². The highest BCUT2D eigenvalue weighted by Crippen LogP contribution is 2.11. The molecule has 0 saturated carbocycles. The number of aliphatic hydroxyl groups excluding tert-OH is 1. The van der Waals surface area contributed by atoms with Gasteiger partial charge in [-0.15, -0.1) is 0 Å². The first-order valence-electron chi connectivity index (χ1n) is 7.23. The molecule has 21 heavy (non-hydrogen) atoms. The smallest absolute Gasteiger partial charge is 0.269 e. The highest BCUT2D eigenvalue weighted by Gasteiger charge is 2.15. The van der Waals surface area contributed by atoms with E-state index in [-0.39, 0.29) is 12.5 Å². The minimum Gasteiger partial charge on any atom is -0.387 e. The van der Waals surface area contributed by atoms with Crippen molar-refractivity contribution in [3.63, 3.8) is 0 Å². The lowest BCUT2D eigenvalue weighted by Crippen LogP contribution is -2.30. The van der Waals surface area contributed by atoms with E-state index in [4.69, 9.17) is 0 Å². The second-order valence-electron chi connectivity index (χ2n) is 4.83. The summed E-state index contributed by atoms with van der Waals surface area (Å²) >= 11 is 0. The summed E-state index contributed by atoms with van der Waals surface area (Å²) in [6, 6.07) is 11.1. The van der Waals surface area contributed by atoms with Gasteiger partial charge in [0.15, 0.2) is 0 Å². The van der Waals surface area contributed by atoms with Crippen molar-refractivity contribution in [3.8, 4) is 0 Å². The number of hydrogen-bond acceptors (Lipinski definition) is 3. The third-order valence-electron chi connectivity index (χ3n) is 3.37. The summed E-state index contributed by atoms with van der Waals surface area (Å²) in [6.45, 7) is 4.77. The SMILES string of the molecule is CCc1cc(C(=O)NCC(O)c2ccccc2)n(CC)n1. The Morgan fingerprint density at radius 2 is 2.05 bits per heavy atom. The molecule has 2 aromatic rings. The van der Waals surface area contributed by atoms with Crippen LogP contribution in [0.1, 0.15) is 41.7 Å². The molecule has 0 bridgehead atoms. The van der Waals surface area contributed by atoms with Gasteiger partial charge in [-0.2, -0.15) is 5.10 Å². The molecule has 1 unspecified atom stereocenters. The fraction of sp³-hybridized carbons (Fsp3) is 0.375. The summed E-state index contributed by atoms with van der Waals surface area (Å²) in [5, 5.41) is 17.2. The predicted molar refractivity (Wildman–Crippen MR) is 81.0 cm³/mol. The molecule has 0 fully saturated rings. The maximum absolute atomic E-state index is 12.2. The van der Waals surface area contributed by atoms with E-state index in [0.29, 0.717) is 12.2 Å². The van der Waals surface area contributed by atoms with E-state index in [9.17, 15) is 9.90 Å². The zero-order valence-corrected chi connectivity index (χ0v) is 12.4. The summed E-state index contributed by atoms with van der Waals surface area (Å²) < 4.78 is 1.68. The first kappa shape index (κ1) is 15.3. The number of carbonyl (C=O) groups excluding carboxylic acids is 1. The van der Waals surface area contributed by atoms with E-state index in [1.807, 2.05) is 44.2 Å². The third kappa shape index (κ3) is 3.70. The van der Waals surface area contributed by atoms with Gasteiger partial charge >= 0.3 is 0 Å². The molecule has 0 radical (unpaired) electrons. The van der Waals surface area contributed by atoms with Crippen LogP contribution in [0.3, 0.4) is 0 Å². The van der Waals surface area contributed by atoms with Crippen molar-refractivity contribution in [1.29, 1.82) is 0 Å². The van der Waals surface area contributed by atoms with Gasteiger partial charge in [-0.1, -0.05) is 37.3 Å². The Morgan fingerprint density at radius 3 is 2.67 bits per heavy atom. The highest BCUT2D eigenvalue weighted by molar-refractivity contribution is 5.92. The molecule has 0 aliphatic heterocycles. The van der Waals surface area contributed by atoms with Crippen molar-refractivity contribution < 1.29 is 9.90 Å². The summed E-state index contributed by atoms with van der Waals surface area (Å²) in [5.74, 6) is -0.209. The molecule has 1 atom stereocenters. The molecule has 0 aliphatic carbocycles. The normalized spacial score (nSPS) is 12.1. The largest absolute Gasteiger partial charge is 0.387 e. The lowest BCUT2D eigenvalue weighted by molar-refractivity contribution is 0.0905. The van der Waals surface area contributed by atoms with Crippen LogP contribution in [-0.2, 0) is 13.0 Å². The maximum atomic E-state index is 12.2. The molecule has 112 valence electrons. The van der Waals surface area contributed by atoms with Crippen molar-refractivity contribution in [3.05, 3.63) is 53.3 Å². The predicted octanol–water partition coefficient (Wildman–Crippen LogP) is 1.93. The number of nitrogens with zero attached hydrogens (tertiary/aromatic N) is 2. The molecule has 1 heterocycles. The Bertz CT molecular complexity index is 593. The van der Waals surface area contributed by atoms with Crippen LogP contribution in [0.5, 0.6) is 0 Å². The molecule has 5 nitrogen and oxygen atoms in total. The average molecular weight is 287 g/mol. The van der Waals surface area contributed by atoms with Crippen LogP contribution < -0.4 is 5.32 Å². The Balaban J connectivity index is 2.00. The lowest BCUT2D eigenvalue weighted by Gasteiger charge is -2.12. The molecule has 1 aromatic heterocycles. The van der Waals surface area contributed by atoms with Crippen molar-refractivity contribution in [2.45, 2.75) is 32.9 Å². The van der Waals surface area contributed by atoms with Crippen LogP contribution in [0, 0.1) is 0 Å².